The molecule has 1 saturated heterocycles. The summed E-state index contributed by atoms with van der Waals surface area (Å²) in [4.78, 5) is 0. The molecule has 1 heterocycles. The molecule has 2 unspecified atom stereocenters. The molecule has 1 fully saturated rings. The van der Waals surface area contributed by atoms with Gasteiger partial charge in [0.05, 0.1) is 0 Å². The molecular formula is C13H31NO3Si2. The van der Waals surface area contributed by atoms with Crippen LogP contribution in [0, 0.1) is 0 Å². The van der Waals surface area contributed by atoms with Crippen molar-refractivity contribution in [2.75, 3.05) is 19.7 Å². The van der Waals surface area contributed by atoms with Crippen LogP contribution < -0.4 is 0 Å². The molecule has 1 aliphatic rings. The van der Waals surface area contributed by atoms with Crippen molar-refractivity contribution in [3.8, 4) is 0 Å². The van der Waals surface area contributed by atoms with Crippen LogP contribution in [0.3, 0.4) is 0 Å². The second-order valence-corrected chi connectivity index (χ2v) is 12.6. The van der Waals surface area contributed by atoms with Crippen LogP contribution in [0.5, 0.6) is 0 Å². The Morgan fingerprint density at radius 1 is 1.11 bits per heavy atom. The van der Waals surface area contributed by atoms with Gasteiger partial charge in [-0.2, -0.15) is 5.06 Å². The summed E-state index contributed by atoms with van der Waals surface area (Å²) in [6.07, 6.45) is 3.57. The SMILES string of the molecule is CCC[Si]1(C)CCCCO[Si](C)(ON(CC)CC)O1. The minimum absolute atomic E-state index is 0.778. The van der Waals surface area contributed by atoms with E-state index in [0.29, 0.717) is 0 Å². The predicted octanol–water partition coefficient (Wildman–Crippen LogP) is 3.64. The highest BCUT2D eigenvalue weighted by molar-refractivity contribution is 6.81. The second-order valence-electron chi connectivity index (χ2n) is 5.68. The van der Waals surface area contributed by atoms with Gasteiger partial charge in [0.15, 0.2) is 8.32 Å². The van der Waals surface area contributed by atoms with Crippen molar-refractivity contribution >= 4 is 17.1 Å². The van der Waals surface area contributed by atoms with Crippen molar-refractivity contribution in [3.05, 3.63) is 0 Å². The molecule has 0 saturated carbocycles. The summed E-state index contributed by atoms with van der Waals surface area (Å²) in [6.45, 7) is 13.4. The van der Waals surface area contributed by atoms with E-state index >= 15 is 0 Å². The molecule has 6 heteroatoms. The second kappa shape index (κ2) is 7.90. The Bertz CT molecular complexity index is 266. The van der Waals surface area contributed by atoms with Gasteiger partial charge in [-0.25, -0.2) is 0 Å². The molecule has 0 N–H and O–H groups in total. The van der Waals surface area contributed by atoms with Crippen LogP contribution in [-0.4, -0.2) is 41.9 Å². The lowest BCUT2D eigenvalue weighted by Gasteiger charge is -2.40. The third kappa shape index (κ3) is 5.65. The summed E-state index contributed by atoms with van der Waals surface area (Å²) >= 11 is 0. The van der Waals surface area contributed by atoms with Crippen molar-refractivity contribution in [3.63, 3.8) is 0 Å². The van der Waals surface area contributed by atoms with Crippen molar-refractivity contribution in [2.45, 2.75) is 65.2 Å². The average Bonchev–Trinajstić information content (AvgIpc) is 2.34. The van der Waals surface area contributed by atoms with Gasteiger partial charge in [0, 0.05) is 26.2 Å². The van der Waals surface area contributed by atoms with Gasteiger partial charge in [-0.05, 0) is 25.1 Å². The third-order valence-corrected chi connectivity index (χ3v) is 11.4. The summed E-state index contributed by atoms with van der Waals surface area (Å²) in [5.74, 6) is 0. The van der Waals surface area contributed by atoms with E-state index in [9.17, 15) is 0 Å². The molecule has 1 rings (SSSR count). The van der Waals surface area contributed by atoms with Gasteiger partial charge in [-0.1, -0.05) is 33.6 Å². The fourth-order valence-corrected chi connectivity index (χ4v) is 11.1. The van der Waals surface area contributed by atoms with Gasteiger partial charge < -0.3 is 8.54 Å². The molecule has 1 aliphatic heterocycles. The van der Waals surface area contributed by atoms with Crippen LogP contribution in [-0.2, 0) is 13.1 Å². The smallest absolute Gasteiger partial charge is 0.415 e. The molecule has 0 aromatic carbocycles. The molecule has 0 amide bonds. The Morgan fingerprint density at radius 3 is 2.37 bits per heavy atom. The predicted molar refractivity (Wildman–Crippen MR) is 83.4 cm³/mol. The highest BCUT2D eigenvalue weighted by Crippen LogP contribution is 2.29. The topological polar surface area (TPSA) is 30.9 Å². The van der Waals surface area contributed by atoms with Crippen LogP contribution in [0.15, 0.2) is 0 Å². The van der Waals surface area contributed by atoms with Crippen molar-refractivity contribution in [2.24, 2.45) is 0 Å². The summed E-state index contributed by atoms with van der Waals surface area (Å²) < 4.78 is 18.7. The molecule has 0 radical (unpaired) electrons. The minimum atomic E-state index is -2.51. The molecule has 0 aromatic heterocycles. The van der Waals surface area contributed by atoms with Gasteiger partial charge in [0.1, 0.15) is 0 Å². The maximum Gasteiger partial charge on any atom is 0.504 e. The van der Waals surface area contributed by atoms with Crippen molar-refractivity contribution in [1.82, 2.24) is 5.06 Å². The van der Waals surface area contributed by atoms with E-state index in [1.165, 1.54) is 24.9 Å². The monoisotopic (exact) mass is 305 g/mol. The van der Waals surface area contributed by atoms with Gasteiger partial charge in [-0.15, -0.1) is 0 Å². The van der Waals surface area contributed by atoms with E-state index in [4.69, 9.17) is 13.1 Å². The zero-order valence-electron chi connectivity index (χ0n) is 13.3. The molecule has 0 aromatic rings. The van der Waals surface area contributed by atoms with Gasteiger partial charge in [-0.3, -0.25) is 4.53 Å². The maximum atomic E-state index is 6.53. The van der Waals surface area contributed by atoms with Crippen LogP contribution in [0.2, 0.25) is 25.2 Å². The third-order valence-electron chi connectivity index (χ3n) is 3.68. The summed E-state index contributed by atoms with van der Waals surface area (Å²) in [7, 11) is -4.17. The zero-order valence-corrected chi connectivity index (χ0v) is 15.3. The van der Waals surface area contributed by atoms with E-state index < -0.39 is 17.1 Å². The average molecular weight is 306 g/mol. The first-order valence-electron chi connectivity index (χ1n) is 7.75. The zero-order chi connectivity index (χ0) is 14.4. The first-order chi connectivity index (χ1) is 8.97. The minimum Gasteiger partial charge on any atom is -0.415 e. The fraction of sp³-hybridized carbons (Fsp3) is 1.00. The van der Waals surface area contributed by atoms with Crippen LogP contribution in [0.25, 0.3) is 0 Å². The van der Waals surface area contributed by atoms with Gasteiger partial charge in [0.25, 0.3) is 0 Å². The van der Waals surface area contributed by atoms with Gasteiger partial charge in [0.2, 0.25) is 0 Å². The van der Waals surface area contributed by atoms with Crippen molar-refractivity contribution < 1.29 is 13.1 Å². The molecule has 114 valence electrons. The van der Waals surface area contributed by atoms with E-state index in [1.54, 1.807) is 0 Å². The molecule has 2 atom stereocenters. The summed E-state index contributed by atoms with van der Waals surface area (Å²) in [5, 5.41) is 1.97. The highest BCUT2D eigenvalue weighted by Gasteiger charge is 2.45. The lowest BCUT2D eigenvalue weighted by Crippen LogP contribution is -2.56. The lowest BCUT2D eigenvalue weighted by molar-refractivity contribution is -0.106. The van der Waals surface area contributed by atoms with E-state index in [1.807, 2.05) is 5.06 Å². The van der Waals surface area contributed by atoms with Crippen LogP contribution in [0.4, 0.5) is 0 Å². The Morgan fingerprint density at radius 2 is 1.79 bits per heavy atom. The molecule has 4 nitrogen and oxygen atoms in total. The molecule has 19 heavy (non-hydrogen) atoms. The molecule has 0 bridgehead atoms. The molecular weight excluding hydrogens is 274 g/mol. The Kier molecular flexibility index (Phi) is 7.20. The summed E-state index contributed by atoms with van der Waals surface area (Å²) in [6, 6.07) is 2.45. The summed E-state index contributed by atoms with van der Waals surface area (Å²) in [5.41, 5.74) is 0. The van der Waals surface area contributed by atoms with Gasteiger partial charge >= 0.3 is 8.80 Å². The van der Waals surface area contributed by atoms with E-state index in [2.05, 4.69) is 33.9 Å². The maximum absolute atomic E-state index is 6.53. The quantitative estimate of drug-likeness (QED) is 0.554. The first kappa shape index (κ1) is 17.3. The van der Waals surface area contributed by atoms with Crippen LogP contribution >= 0.6 is 0 Å². The number of hydroxylamine groups is 2. The Hall–Kier alpha value is 0.274. The molecule has 0 aliphatic carbocycles. The highest BCUT2D eigenvalue weighted by atomic mass is 28.5. The van der Waals surface area contributed by atoms with Crippen LogP contribution in [0.1, 0.15) is 40.0 Å². The van der Waals surface area contributed by atoms with E-state index in [-0.39, 0.29) is 0 Å². The fourth-order valence-electron chi connectivity index (χ4n) is 2.72. The normalized spacial score (nSPS) is 33.2. The van der Waals surface area contributed by atoms with Crippen molar-refractivity contribution in [1.29, 1.82) is 0 Å². The molecule has 0 spiro atoms. The number of rotatable bonds is 6. The number of hydrogen-bond acceptors (Lipinski definition) is 4. The standard InChI is InChI=1S/C13H31NO3Si2/c1-6-12-18(4)13-10-9-11-15-19(5,17-18)16-14(7-2)8-3/h6-13H2,1-5H3. The Balaban J connectivity index is 2.76. The largest absolute Gasteiger partial charge is 0.504 e. The first-order valence-corrected chi connectivity index (χ1v) is 12.8. The van der Waals surface area contributed by atoms with E-state index in [0.717, 1.165) is 26.1 Å². The Labute approximate surface area is 120 Å². The number of hydrogen-bond donors (Lipinski definition) is 0. The number of nitrogens with zero attached hydrogens (tertiary/aromatic N) is 1. The lowest BCUT2D eigenvalue weighted by atomic mass is 10.4.